The number of aliphatic hydroxyl groups excluding tert-OH is 1. The summed E-state index contributed by atoms with van der Waals surface area (Å²) in [6.45, 7) is 2.09. The fourth-order valence-corrected chi connectivity index (χ4v) is 4.88. The van der Waals surface area contributed by atoms with Gasteiger partial charge in [-0.3, -0.25) is 4.79 Å². The molecule has 0 saturated carbocycles. The molecule has 0 spiro atoms. The van der Waals surface area contributed by atoms with Crippen LogP contribution in [0.1, 0.15) is 35.7 Å². The van der Waals surface area contributed by atoms with Crippen LogP contribution in [0.15, 0.2) is 95.0 Å². The maximum absolute atomic E-state index is 13.9. The fourth-order valence-electron chi connectivity index (χ4n) is 4.88. The zero-order valence-electron chi connectivity index (χ0n) is 21.8. The van der Waals surface area contributed by atoms with Crippen molar-refractivity contribution in [1.29, 1.82) is 0 Å². The molecule has 3 heterocycles. The Morgan fingerprint density at radius 2 is 1.69 bits per heavy atom. The molecule has 5 aromatic rings. The van der Waals surface area contributed by atoms with Gasteiger partial charge in [0.15, 0.2) is 5.84 Å². The van der Waals surface area contributed by atoms with Crippen LogP contribution in [0.25, 0.3) is 22.6 Å². The van der Waals surface area contributed by atoms with Crippen molar-refractivity contribution in [2.24, 2.45) is 4.99 Å². The number of fused-ring (bicyclic) bond motifs is 1. The molecule has 1 unspecified atom stereocenters. The van der Waals surface area contributed by atoms with Gasteiger partial charge in [-0.25, -0.2) is 24.4 Å². The molecule has 2 N–H and O–H groups in total. The first-order valence-corrected chi connectivity index (χ1v) is 12.5. The number of aryl methyl sites for hydroxylation is 1. The van der Waals surface area contributed by atoms with Gasteiger partial charge in [-0.2, -0.15) is 10.1 Å². The van der Waals surface area contributed by atoms with Crippen molar-refractivity contribution in [3.63, 3.8) is 0 Å². The number of hydroxylamine groups is 1. The van der Waals surface area contributed by atoms with Crippen LogP contribution < -0.4 is 62.4 Å². The molecule has 2 aromatic heterocycles. The maximum Gasteiger partial charge on any atom is 1.00 e. The number of benzene rings is 3. The van der Waals surface area contributed by atoms with Crippen molar-refractivity contribution in [2.45, 2.75) is 32.6 Å². The van der Waals surface area contributed by atoms with Gasteiger partial charge in [-0.15, -0.1) is 0 Å². The molecule has 9 nitrogen and oxygen atoms in total. The smallest absolute Gasteiger partial charge is 0.348 e. The monoisotopic (exact) mass is 545 g/mol. The molecule has 190 valence electrons. The van der Waals surface area contributed by atoms with Gasteiger partial charge < -0.3 is 5.11 Å². The summed E-state index contributed by atoms with van der Waals surface area (Å²) in [6, 6.07) is 25.5. The first-order valence-electron chi connectivity index (χ1n) is 12.5. The van der Waals surface area contributed by atoms with Gasteiger partial charge in [0.1, 0.15) is 6.33 Å². The minimum atomic E-state index is -1.22. The molecule has 0 aliphatic carbocycles. The molecule has 0 radical (unpaired) electrons. The van der Waals surface area contributed by atoms with E-state index >= 15 is 0 Å². The van der Waals surface area contributed by atoms with Crippen LogP contribution >= 0.6 is 0 Å². The molecule has 6 rings (SSSR count). The Balaban J connectivity index is 0.00000308. The van der Waals surface area contributed by atoms with Crippen molar-refractivity contribution in [1.82, 2.24) is 24.6 Å². The Bertz CT molecular complexity index is 1700. The number of para-hydroxylation sites is 1. The number of hydrogen-bond acceptors (Lipinski definition) is 7. The first-order chi connectivity index (χ1) is 18.6. The molecule has 10 heteroatoms. The van der Waals surface area contributed by atoms with E-state index in [4.69, 9.17) is 4.84 Å². The molecule has 0 fully saturated rings. The van der Waals surface area contributed by atoms with Crippen molar-refractivity contribution >= 4 is 11.6 Å². The number of nitrogens with zero attached hydrogens (tertiary/aromatic N) is 5. The SMILES string of the molecule is CCCc1c(Cc2ccc(-c3ccccc3C3=NC(O)ON3)cc2)c(=O)n(-c2ccccc2)c2ncnn12.[K+]. The van der Waals surface area contributed by atoms with Crippen LogP contribution in [0, 0.1) is 0 Å². The van der Waals surface area contributed by atoms with Crippen molar-refractivity contribution in [3.8, 4) is 16.8 Å². The van der Waals surface area contributed by atoms with E-state index in [0.717, 1.165) is 40.1 Å². The third-order valence-corrected chi connectivity index (χ3v) is 6.62. The van der Waals surface area contributed by atoms with Crippen LogP contribution in [0.2, 0.25) is 0 Å². The Hall–Kier alpha value is -2.96. The second-order valence-corrected chi connectivity index (χ2v) is 9.07. The third-order valence-electron chi connectivity index (χ3n) is 6.62. The number of amidine groups is 1. The summed E-state index contributed by atoms with van der Waals surface area (Å²) >= 11 is 0. The zero-order valence-corrected chi connectivity index (χ0v) is 24.9. The third kappa shape index (κ3) is 5.41. The Morgan fingerprint density at radius 3 is 2.38 bits per heavy atom. The van der Waals surface area contributed by atoms with Crippen LogP contribution in [0.4, 0.5) is 0 Å². The van der Waals surface area contributed by atoms with Gasteiger partial charge in [0.25, 0.3) is 12.0 Å². The number of rotatable bonds is 7. The van der Waals surface area contributed by atoms with Gasteiger partial charge >= 0.3 is 51.4 Å². The van der Waals surface area contributed by atoms with Crippen LogP contribution in [0.3, 0.4) is 0 Å². The van der Waals surface area contributed by atoms with E-state index in [1.54, 1.807) is 9.08 Å². The first kappa shape index (κ1) is 27.6. The molecule has 39 heavy (non-hydrogen) atoms. The summed E-state index contributed by atoms with van der Waals surface area (Å²) in [7, 11) is 0. The van der Waals surface area contributed by atoms with E-state index in [2.05, 4.69) is 27.5 Å². The standard InChI is InChI=1S/C29H26N6O3.K/c1-2-8-25-24(27(36)34(21-9-4-3-5-10-21)28-30-18-31-35(25)28)17-19-13-15-20(16-14-19)22-11-6-7-12-23(22)26-32-29(37)38-33-26;/h3-7,9-16,18,29,37H,2,8,17H2,1H3,(H,32,33);/q;+1. The van der Waals surface area contributed by atoms with Crippen LogP contribution in [-0.2, 0) is 17.7 Å². The van der Waals surface area contributed by atoms with E-state index in [9.17, 15) is 9.90 Å². The summed E-state index contributed by atoms with van der Waals surface area (Å²) in [5.41, 5.74) is 8.71. The van der Waals surface area contributed by atoms with E-state index in [-0.39, 0.29) is 56.9 Å². The molecule has 1 aliphatic heterocycles. The topological polar surface area (TPSA) is 106 Å². The molecule has 1 atom stereocenters. The molecule has 0 bridgehead atoms. The predicted molar refractivity (Wildman–Crippen MR) is 144 cm³/mol. The minimum absolute atomic E-state index is 0. The minimum Gasteiger partial charge on any atom is -0.348 e. The Morgan fingerprint density at radius 1 is 0.974 bits per heavy atom. The predicted octanol–water partition coefficient (Wildman–Crippen LogP) is 0.652. The average molecular weight is 546 g/mol. The molecule has 0 amide bonds. The quantitative estimate of drug-likeness (QED) is 0.291. The molecular weight excluding hydrogens is 519 g/mol. The summed E-state index contributed by atoms with van der Waals surface area (Å²) in [4.78, 5) is 27.4. The largest absolute Gasteiger partial charge is 1.00 e. The van der Waals surface area contributed by atoms with Crippen molar-refractivity contribution in [2.75, 3.05) is 0 Å². The van der Waals surface area contributed by atoms with E-state index in [1.807, 2.05) is 78.9 Å². The van der Waals surface area contributed by atoms with E-state index in [1.165, 1.54) is 6.33 Å². The molecule has 3 aromatic carbocycles. The average Bonchev–Trinajstić information content (AvgIpc) is 3.61. The van der Waals surface area contributed by atoms with Gasteiger partial charge in [0, 0.05) is 17.5 Å². The second-order valence-electron chi connectivity index (χ2n) is 9.07. The number of aliphatic imine (C=N–C) groups is 1. The normalized spacial score (nSPS) is 14.6. The van der Waals surface area contributed by atoms with Gasteiger partial charge in [-0.05, 0) is 35.2 Å². The van der Waals surface area contributed by atoms with Gasteiger partial charge in [-0.1, -0.05) is 80.1 Å². The zero-order chi connectivity index (χ0) is 26.1. The van der Waals surface area contributed by atoms with Gasteiger partial charge in [0.05, 0.1) is 11.4 Å². The van der Waals surface area contributed by atoms with E-state index < -0.39 is 6.41 Å². The Labute approximate surface area is 267 Å². The number of aromatic nitrogens is 4. The Kier molecular flexibility index (Phi) is 8.53. The maximum atomic E-state index is 13.9. The van der Waals surface area contributed by atoms with Crippen molar-refractivity contribution in [3.05, 3.63) is 118 Å². The van der Waals surface area contributed by atoms with Gasteiger partial charge in [0.2, 0.25) is 5.78 Å². The summed E-state index contributed by atoms with van der Waals surface area (Å²) in [6.07, 6.45) is 2.33. The van der Waals surface area contributed by atoms with Crippen LogP contribution in [-0.4, -0.2) is 36.5 Å². The van der Waals surface area contributed by atoms with Crippen molar-refractivity contribution < 1.29 is 61.3 Å². The second kappa shape index (κ2) is 12.1. The fraction of sp³-hybridized carbons (Fsp3) is 0.172. The number of hydrogen-bond donors (Lipinski definition) is 2. The number of nitrogens with one attached hydrogen (secondary N) is 1. The van der Waals surface area contributed by atoms with Crippen LogP contribution in [0.5, 0.6) is 0 Å². The number of aliphatic hydroxyl groups is 1. The summed E-state index contributed by atoms with van der Waals surface area (Å²) in [5, 5.41) is 14.1. The summed E-state index contributed by atoms with van der Waals surface area (Å²) in [5.74, 6) is 0.988. The molecule has 0 saturated heterocycles. The molecule has 1 aliphatic rings. The summed E-state index contributed by atoms with van der Waals surface area (Å²) < 4.78 is 3.43. The van der Waals surface area contributed by atoms with E-state index in [0.29, 0.717) is 30.0 Å². The molecular formula is C29H26KN6O3+.